The van der Waals surface area contributed by atoms with Crippen LogP contribution in [0, 0.1) is 20.8 Å². The van der Waals surface area contributed by atoms with Gasteiger partial charge in [0.05, 0.1) is 17.0 Å². The quantitative estimate of drug-likeness (QED) is 0.215. The third-order valence-electron chi connectivity index (χ3n) is 8.15. The minimum absolute atomic E-state index is 0. The van der Waals surface area contributed by atoms with Crippen LogP contribution in [-0.4, -0.2) is 37.5 Å². The van der Waals surface area contributed by atoms with Crippen molar-refractivity contribution in [2.24, 2.45) is 9.98 Å². The Morgan fingerprint density at radius 3 is 1.39 bits per heavy atom. The topological polar surface area (TPSA) is 128 Å². The molecule has 9 heteroatoms. The molecule has 1 fully saturated rings. The third kappa shape index (κ3) is 10.8. The first-order valence-electron chi connectivity index (χ1n) is 15.5. The van der Waals surface area contributed by atoms with E-state index in [0.29, 0.717) is 11.1 Å². The van der Waals surface area contributed by atoms with Gasteiger partial charge in [-0.3, -0.25) is 9.98 Å². The number of hydrogen-bond donors (Lipinski definition) is 0. The zero-order valence-electron chi connectivity index (χ0n) is 28.4. The molecule has 0 aromatic heterocycles. The van der Waals surface area contributed by atoms with Crippen LogP contribution in [0.5, 0.6) is 11.5 Å². The Morgan fingerprint density at radius 2 is 1.07 bits per heavy atom. The van der Waals surface area contributed by atoms with Crippen molar-refractivity contribution < 1.29 is 40.0 Å². The molecule has 1 aliphatic rings. The minimum Gasteiger partial charge on any atom is -0.872 e. The van der Waals surface area contributed by atoms with E-state index in [1.165, 1.54) is 12.1 Å². The number of benzene rings is 3. The van der Waals surface area contributed by atoms with Gasteiger partial charge in [-0.2, -0.15) is 0 Å². The fourth-order valence-electron chi connectivity index (χ4n) is 5.16. The van der Waals surface area contributed by atoms with Crippen LogP contribution in [0.3, 0.4) is 0 Å². The molecule has 0 unspecified atom stereocenters. The summed E-state index contributed by atoms with van der Waals surface area (Å²) in [5, 5.41) is 25.5. The molecule has 46 heavy (non-hydrogen) atoms. The second-order valence-corrected chi connectivity index (χ2v) is 15.5. The van der Waals surface area contributed by atoms with Crippen molar-refractivity contribution in [1.82, 2.24) is 0 Å². The van der Waals surface area contributed by atoms with E-state index in [-0.39, 0.29) is 56.1 Å². The summed E-state index contributed by atoms with van der Waals surface area (Å²) in [4.78, 5) is 9.53. The van der Waals surface area contributed by atoms with Crippen LogP contribution in [0.1, 0.15) is 106 Å². The Labute approximate surface area is 286 Å². The molecular weight excluding hydrogens is 643 g/mol. The van der Waals surface area contributed by atoms with Gasteiger partial charge in [-0.05, 0) is 78.8 Å². The van der Waals surface area contributed by atoms with Crippen molar-refractivity contribution in [1.29, 1.82) is 0 Å². The van der Waals surface area contributed by atoms with Crippen LogP contribution in [-0.2, 0) is 37.7 Å². The predicted octanol–water partition coefficient (Wildman–Crippen LogP) is 6.79. The standard InChI is InChI=1S/C30H42N2O2.C7H8O3S.Co/c1-19-13-23(29(3,4)5)15-21(27(19)33)17-31-25-11-9-10-12-26(25)32-18-22-16-24(30(6,7)8)14-20(2)28(22)34;1-6-2-4-7(5-3-6)11(8,9)10;/h13-18,25-26,33-34H,9-12H2,1-8H3;2-5H,1H3,(H,8,9,10);/q;;+3/p-3/t25-,26-;;/m0../s1. The largest absolute Gasteiger partial charge is 3.00 e. The molecule has 1 saturated carbocycles. The van der Waals surface area contributed by atoms with E-state index >= 15 is 0 Å². The normalized spacial score (nSPS) is 17.4. The van der Waals surface area contributed by atoms with E-state index in [1.54, 1.807) is 24.6 Å². The van der Waals surface area contributed by atoms with E-state index < -0.39 is 10.1 Å². The monoisotopic (exact) mass is 690 g/mol. The third-order valence-corrected chi connectivity index (χ3v) is 9.00. The molecule has 0 saturated heterocycles. The number of nitrogens with zero attached hydrogens (tertiary/aromatic N) is 2. The van der Waals surface area contributed by atoms with Crippen molar-refractivity contribution in [3.8, 4) is 11.5 Å². The van der Waals surface area contributed by atoms with Crippen LogP contribution in [0.15, 0.2) is 63.4 Å². The van der Waals surface area contributed by atoms with Gasteiger partial charge < -0.3 is 14.8 Å². The molecule has 0 amide bonds. The first-order chi connectivity index (χ1) is 20.8. The van der Waals surface area contributed by atoms with Crippen LogP contribution in [0.25, 0.3) is 0 Å². The number of aliphatic imine (C=N–C) groups is 2. The molecular formula is C37H47CoN2O5S. The zero-order valence-corrected chi connectivity index (χ0v) is 30.3. The smallest absolute Gasteiger partial charge is 0.872 e. The van der Waals surface area contributed by atoms with E-state index in [1.807, 2.05) is 45.0 Å². The Hall–Kier alpha value is -2.98. The van der Waals surface area contributed by atoms with Gasteiger partial charge in [0.15, 0.2) is 0 Å². The van der Waals surface area contributed by atoms with Crippen LogP contribution in [0.2, 0.25) is 0 Å². The molecule has 2 atom stereocenters. The summed E-state index contributed by atoms with van der Waals surface area (Å²) in [6.45, 7) is 18.5. The van der Waals surface area contributed by atoms with Gasteiger partial charge in [0, 0.05) is 12.4 Å². The average molecular weight is 691 g/mol. The van der Waals surface area contributed by atoms with Gasteiger partial charge in [0.2, 0.25) is 0 Å². The van der Waals surface area contributed by atoms with Crippen molar-refractivity contribution in [3.63, 3.8) is 0 Å². The average Bonchev–Trinajstić information content (AvgIpc) is 2.94. The molecule has 0 spiro atoms. The molecule has 3 aromatic rings. The number of aryl methyl sites for hydroxylation is 3. The summed E-state index contributed by atoms with van der Waals surface area (Å²) in [6, 6.07) is 13.7. The van der Waals surface area contributed by atoms with Crippen molar-refractivity contribution in [2.45, 2.75) is 116 Å². The van der Waals surface area contributed by atoms with Gasteiger partial charge in [0.1, 0.15) is 10.1 Å². The van der Waals surface area contributed by atoms with Crippen LogP contribution >= 0.6 is 0 Å². The van der Waals surface area contributed by atoms with E-state index in [2.05, 4.69) is 41.5 Å². The molecule has 7 nitrogen and oxygen atoms in total. The maximum Gasteiger partial charge on any atom is 3.00 e. The fraction of sp³-hybridized carbons (Fsp3) is 0.459. The van der Waals surface area contributed by atoms with Gasteiger partial charge in [-0.1, -0.05) is 119 Å². The van der Waals surface area contributed by atoms with Crippen molar-refractivity contribution in [2.75, 3.05) is 0 Å². The second-order valence-electron chi connectivity index (χ2n) is 14.2. The van der Waals surface area contributed by atoms with E-state index in [9.17, 15) is 23.2 Å². The Morgan fingerprint density at radius 1 is 0.696 bits per heavy atom. The SMILES string of the molecule is Cc1cc(C(C)(C)C)cc(C=N[C@H]2CCCC[C@@H]2N=Cc2cc(C(C)(C)C)cc(C)c2[O-])c1[O-].Cc1ccc(S(=O)(=O)[O-])cc1.[Co+3]. The number of hydrogen-bond acceptors (Lipinski definition) is 7. The van der Waals surface area contributed by atoms with E-state index in [0.717, 1.165) is 53.5 Å². The Balaban J connectivity index is 0.000000519. The maximum atomic E-state index is 12.7. The van der Waals surface area contributed by atoms with Crippen LogP contribution < -0.4 is 10.2 Å². The molecule has 4 rings (SSSR count). The van der Waals surface area contributed by atoms with Crippen molar-refractivity contribution >= 4 is 22.5 Å². The zero-order chi connectivity index (χ0) is 33.7. The molecule has 0 bridgehead atoms. The maximum absolute atomic E-state index is 12.7. The second kappa shape index (κ2) is 15.7. The summed E-state index contributed by atoms with van der Waals surface area (Å²) < 4.78 is 31.2. The molecule has 0 radical (unpaired) electrons. The molecule has 3 aromatic carbocycles. The summed E-state index contributed by atoms with van der Waals surface area (Å²) >= 11 is 0. The summed E-state index contributed by atoms with van der Waals surface area (Å²) in [7, 11) is -4.27. The molecule has 0 aliphatic heterocycles. The molecule has 1 aliphatic carbocycles. The first kappa shape index (κ1) is 39.2. The summed E-state index contributed by atoms with van der Waals surface area (Å²) in [6.07, 6.45) is 7.60. The minimum atomic E-state index is -4.27. The molecule has 0 N–H and O–H groups in total. The van der Waals surface area contributed by atoms with Gasteiger partial charge >= 0.3 is 16.8 Å². The van der Waals surface area contributed by atoms with Gasteiger partial charge in [0.25, 0.3) is 0 Å². The Bertz CT molecular complexity index is 1560. The predicted molar refractivity (Wildman–Crippen MR) is 179 cm³/mol. The van der Waals surface area contributed by atoms with Crippen LogP contribution in [0.4, 0.5) is 0 Å². The van der Waals surface area contributed by atoms with Gasteiger partial charge in [-0.25, -0.2) is 8.42 Å². The van der Waals surface area contributed by atoms with Gasteiger partial charge in [-0.15, -0.1) is 0 Å². The number of rotatable bonds is 5. The first-order valence-corrected chi connectivity index (χ1v) is 16.9. The van der Waals surface area contributed by atoms with E-state index in [4.69, 9.17) is 9.98 Å². The summed E-state index contributed by atoms with van der Waals surface area (Å²) in [5.41, 5.74) is 5.94. The van der Waals surface area contributed by atoms with Crippen molar-refractivity contribution in [3.05, 3.63) is 87.5 Å². The fourth-order valence-corrected chi connectivity index (χ4v) is 5.63. The Kier molecular flexibility index (Phi) is 13.4. The summed E-state index contributed by atoms with van der Waals surface area (Å²) in [5.74, 6) is 0.0798. The molecule has 0 heterocycles. The molecule has 250 valence electrons.